The zero-order valence-corrected chi connectivity index (χ0v) is 20.1. The van der Waals surface area contributed by atoms with Crippen molar-refractivity contribution in [3.8, 4) is 22.6 Å². The van der Waals surface area contributed by atoms with E-state index in [1.807, 2.05) is 67.8 Å². The maximum Gasteiger partial charge on any atom is 0.255 e. The highest BCUT2D eigenvalue weighted by Gasteiger charge is 2.30. The van der Waals surface area contributed by atoms with E-state index in [-0.39, 0.29) is 23.9 Å². The van der Waals surface area contributed by atoms with E-state index >= 15 is 0 Å². The van der Waals surface area contributed by atoms with E-state index in [1.165, 1.54) is 0 Å². The van der Waals surface area contributed by atoms with Gasteiger partial charge in [0.15, 0.2) is 0 Å². The summed E-state index contributed by atoms with van der Waals surface area (Å²) in [6, 6.07) is 19.2. The number of hydrogen-bond acceptors (Lipinski definition) is 6. The molecular formula is C28H29N5O3. The van der Waals surface area contributed by atoms with Crippen LogP contribution < -0.4 is 15.8 Å². The van der Waals surface area contributed by atoms with Crippen molar-refractivity contribution >= 4 is 11.7 Å². The van der Waals surface area contributed by atoms with Crippen molar-refractivity contribution in [3.05, 3.63) is 90.4 Å². The zero-order valence-electron chi connectivity index (χ0n) is 20.1. The first kappa shape index (κ1) is 23.6. The molecule has 184 valence electrons. The summed E-state index contributed by atoms with van der Waals surface area (Å²) >= 11 is 0. The normalized spacial score (nSPS) is 17.1. The highest BCUT2D eigenvalue weighted by Crippen LogP contribution is 2.27. The summed E-state index contributed by atoms with van der Waals surface area (Å²) in [5.74, 6) is 1.50. The van der Waals surface area contributed by atoms with Crippen molar-refractivity contribution in [3.63, 3.8) is 0 Å². The van der Waals surface area contributed by atoms with Crippen LogP contribution in [0.25, 0.3) is 11.1 Å². The highest BCUT2D eigenvalue weighted by atomic mass is 16.5. The van der Waals surface area contributed by atoms with Crippen LogP contribution in [0.2, 0.25) is 0 Å². The summed E-state index contributed by atoms with van der Waals surface area (Å²) in [6.45, 7) is 0.434. The fourth-order valence-electron chi connectivity index (χ4n) is 4.45. The van der Waals surface area contributed by atoms with Crippen molar-refractivity contribution in [1.29, 1.82) is 0 Å². The third-order valence-corrected chi connectivity index (χ3v) is 6.31. The predicted molar refractivity (Wildman–Crippen MR) is 137 cm³/mol. The second-order valence-electron chi connectivity index (χ2n) is 8.98. The van der Waals surface area contributed by atoms with Crippen LogP contribution in [0.3, 0.4) is 0 Å². The van der Waals surface area contributed by atoms with Crippen molar-refractivity contribution in [2.75, 3.05) is 5.73 Å². The van der Waals surface area contributed by atoms with E-state index in [1.54, 1.807) is 23.1 Å². The summed E-state index contributed by atoms with van der Waals surface area (Å²) < 4.78 is 13.9. The zero-order chi connectivity index (χ0) is 24.9. The molecular weight excluding hydrogens is 454 g/mol. The number of hydrogen-bond donors (Lipinski definition) is 2. The average Bonchev–Trinajstić information content (AvgIpc) is 3.52. The van der Waals surface area contributed by atoms with Gasteiger partial charge < -0.3 is 20.5 Å². The molecule has 2 atom stereocenters. The van der Waals surface area contributed by atoms with Gasteiger partial charge in [0.2, 0.25) is 0 Å². The molecule has 0 bridgehead atoms. The van der Waals surface area contributed by atoms with Gasteiger partial charge in [-0.3, -0.25) is 9.48 Å². The molecule has 4 aromatic rings. The smallest absolute Gasteiger partial charge is 0.255 e. The van der Waals surface area contributed by atoms with Gasteiger partial charge in [-0.25, -0.2) is 4.98 Å². The Morgan fingerprint density at radius 1 is 1.06 bits per heavy atom. The van der Waals surface area contributed by atoms with Crippen molar-refractivity contribution in [2.45, 2.75) is 38.0 Å². The van der Waals surface area contributed by atoms with E-state index in [0.29, 0.717) is 12.2 Å². The molecule has 5 rings (SSSR count). The molecule has 1 amide bonds. The first-order valence-corrected chi connectivity index (χ1v) is 12.0. The van der Waals surface area contributed by atoms with Crippen LogP contribution >= 0.6 is 0 Å². The molecule has 1 saturated carbocycles. The van der Waals surface area contributed by atoms with Crippen LogP contribution in [0.15, 0.2) is 79.3 Å². The second kappa shape index (κ2) is 10.6. The minimum Gasteiger partial charge on any atom is -0.457 e. The van der Waals surface area contributed by atoms with Crippen LogP contribution in [0.4, 0.5) is 5.82 Å². The lowest BCUT2D eigenvalue weighted by Gasteiger charge is -2.22. The lowest BCUT2D eigenvalue weighted by atomic mass is 10.1. The van der Waals surface area contributed by atoms with Crippen LogP contribution in [0, 0.1) is 0 Å². The number of rotatable bonds is 8. The number of aryl methyl sites for hydroxylation is 1. The molecule has 1 fully saturated rings. The van der Waals surface area contributed by atoms with Crippen LogP contribution in [-0.2, 0) is 18.4 Å². The van der Waals surface area contributed by atoms with E-state index in [4.69, 9.17) is 15.2 Å². The van der Waals surface area contributed by atoms with Gasteiger partial charge in [-0.2, -0.15) is 5.10 Å². The third kappa shape index (κ3) is 5.55. The number of carbonyl (C=O) groups is 1. The van der Waals surface area contributed by atoms with Gasteiger partial charge in [-0.15, -0.1) is 0 Å². The number of nitrogen functional groups attached to an aromatic ring is 1. The summed E-state index contributed by atoms with van der Waals surface area (Å²) in [5, 5.41) is 7.31. The monoisotopic (exact) mass is 483 g/mol. The number of nitrogens with one attached hydrogen (secondary N) is 1. The van der Waals surface area contributed by atoms with Gasteiger partial charge in [-0.05, 0) is 55.2 Å². The van der Waals surface area contributed by atoms with E-state index < -0.39 is 0 Å². The molecule has 2 aromatic heterocycles. The largest absolute Gasteiger partial charge is 0.457 e. The molecule has 2 aromatic carbocycles. The molecule has 0 aliphatic heterocycles. The number of aromatic nitrogens is 3. The summed E-state index contributed by atoms with van der Waals surface area (Å²) in [7, 11) is 1.84. The lowest BCUT2D eigenvalue weighted by Crippen LogP contribution is -2.41. The number of nitrogens with zero attached hydrogens (tertiary/aromatic N) is 3. The SMILES string of the molecule is Cn1cc(-c2cnc(N)c(C(=O)N[C@H]3CCC[C@@H]3OCc3cccc(Oc4ccccc4)c3)c2)cn1. The Hall–Kier alpha value is -4.17. The minimum atomic E-state index is -0.246. The number of nitrogens with two attached hydrogens (primary N) is 1. The molecule has 36 heavy (non-hydrogen) atoms. The maximum atomic E-state index is 13.1. The summed E-state index contributed by atoms with van der Waals surface area (Å²) in [5.41, 5.74) is 9.08. The van der Waals surface area contributed by atoms with Crippen LogP contribution in [-0.4, -0.2) is 32.8 Å². The van der Waals surface area contributed by atoms with Gasteiger partial charge in [0, 0.05) is 30.6 Å². The molecule has 3 N–H and O–H groups in total. The Kier molecular flexibility index (Phi) is 6.95. The minimum absolute atomic E-state index is 0.0802. The Labute approximate surface area is 210 Å². The van der Waals surface area contributed by atoms with Gasteiger partial charge in [-0.1, -0.05) is 30.3 Å². The Balaban J connectivity index is 1.21. The summed E-state index contributed by atoms with van der Waals surface area (Å²) in [6.07, 6.45) is 7.89. The first-order valence-electron chi connectivity index (χ1n) is 12.0. The molecule has 0 unspecified atom stereocenters. The van der Waals surface area contributed by atoms with Gasteiger partial charge in [0.1, 0.15) is 17.3 Å². The lowest BCUT2D eigenvalue weighted by molar-refractivity contribution is 0.0271. The maximum absolute atomic E-state index is 13.1. The quantitative estimate of drug-likeness (QED) is 0.376. The highest BCUT2D eigenvalue weighted by molar-refractivity contribution is 5.99. The van der Waals surface area contributed by atoms with E-state index in [0.717, 1.165) is 47.5 Å². The Morgan fingerprint density at radius 3 is 2.69 bits per heavy atom. The molecule has 8 nitrogen and oxygen atoms in total. The predicted octanol–water partition coefficient (Wildman–Crippen LogP) is 4.72. The first-order chi connectivity index (χ1) is 17.5. The summed E-state index contributed by atoms with van der Waals surface area (Å²) in [4.78, 5) is 17.4. The van der Waals surface area contributed by atoms with Gasteiger partial charge >= 0.3 is 0 Å². The fourth-order valence-corrected chi connectivity index (χ4v) is 4.45. The number of ether oxygens (including phenoxy) is 2. The molecule has 0 spiro atoms. The average molecular weight is 484 g/mol. The Morgan fingerprint density at radius 2 is 1.89 bits per heavy atom. The topological polar surface area (TPSA) is 104 Å². The fraction of sp³-hybridized carbons (Fsp3) is 0.250. The van der Waals surface area contributed by atoms with Crippen molar-refractivity contribution < 1.29 is 14.3 Å². The molecule has 8 heteroatoms. The molecule has 0 radical (unpaired) electrons. The van der Waals surface area contributed by atoms with Crippen molar-refractivity contribution in [1.82, 2.24) is 20.1 Å². The van der Waals surface area contributed by atoms with E-state index in [2.05, 4.69) is 15.4 Å². The van der Waals surface area contributed by atoms with Gasteiger partial charge in [0.25, 0.3) is 5.91 Å². The number of amides is 1. The molecule has 0 saturated heterocycles. The molecule has 2 heterocycles. The number of pyridine rings is 1. The van der Waals surface area contributed by atoms with Crippen molar-refractivity contribution in [2.24, 2.45) is 7.05 Å². The molecule has 1 aliphatic carbocycles. The number of carbonyl (C=O) groups excluding carboxylic acids is 1. The van der Waals surface area contributed by atoms with E-state index in [9.17, 15) is 4.79 Å². The molecule has 1 aliphatic rings. The number of anilines is 1. The third-order valence-electron chi connectivity index (χ3n) is 6.31. The number of benzene rings is 2. The van der Waals surface area contributed by atoms with Crippen LogP contribution in [0.1, 0.15) is 35.2 Å². The Bertz CT molecular complexity index is 1340. The standard InChI is InChI=1S/C28H29N5O3/c1-33-17-21(16-31-33)20-14-24(27(29)30-15-20)28(34)32-25-11-6-12-26(25)35-18-19-7-5-10-23(13-19)36-22-8-3-2-4-9-22/h2-5,7-10,13-17,25-26H,6,11-12,18H2,1H3,(H2,29,30)(H,32,34)/t25-,26-/m0/s1. The number of para-hydroxylation sites is 1. The van der Waals surface area contributed by atoms with Crippen LogP contribution in [0.5, 0.6) is 11.5 Å². The second-order valence-corrected chi connectivity index (χ2v) is 8.98. The van der Waals surface area contributed by atoms with Gasteiger partial charge in [0.05, 0.1) is 30.5 Å².